The predicted octanol–water partition coefficient (Wildman–Crippen LogP) is 3.25. The van der Waals surface area contributed by atoms with Gasteiger partial charge in [-0.15, -0.1) is 0 Å². The average molecular weight is 490 g/mol. The number of halogens is 1. The minimum Gasteiger partial charge on any atom is -0.354 e. The summed E-state index contributed by atoms with van der Waals surface area (Å²) in [6.07, 6.45) is 7.02. The van der Waals surface area contributed by atoms with Crippen LogP contribution in [-0.2, 0) is 12.8 Å². The summed E-state index contributed by atoms with van der Waals surface area (Å²) < 4.78 is 0. The fourth-order valence-corrected chi connectivity index (χ4v) is 3.97. The standard InChI is InChI=1S/C23H36ClN9O/c1-5-7-8-9-10-11-16-19(24)29-18(21(34)25-3)20(26-16)30-22-27-17(6-2)28-23(31-22)33-14-12-32(4)13-15-33/h5-15H2,1-4H3,(H,25,34)(H,26,27,28,30,31). The Morgan fingerprint density at radius 3 is 2.38 bits per heavy atom. The van der Waals surface area contributed by atoms with Gasteiger partial charge in [0.15, 0.2) is 16.7 Å². The molecule has 0 atom stereocenters. The summed E-state index contributed by atoms with van der Waals surface area (Å²) in [5.74, 6) is 1.56. The fourth-order valence-electron chi connectivity index (χ4n) is 3.74. The summed E-state index contributed by atoms with van der Waals surface area (Å²) in [7, 11) is 3.66. The van der Waals surface area contributed by atoms with Gasteiger partial charge in [-0.05, 0) is 19.9 Å². The van der Waals surface area contributed by atoms with E-state index >= 15 is 0 Å². The number of rotatable bonds is 11. The Bertz CT molecular complexity index is 964. The molecule has 1 amide bonds. The van der Waals surface area contributed by atoms with E-state index in [1.807, 2.05) is 6.92 Å². The molecule has 2 N–H and O–H groups in total. The normalized spacial score (nSPS) is 14.3. The number of nitrogens with zero attached hydrogens (tertiary/aromatic N) is 7. The first-order valence-corrected chi connectivity index (χ1v) is 12.6. The molecule has 34 heavy (non-hydrogen) atoms. The van der Waals surface area contributed by atoms with Gasteiger partial charge in [0.1, 0.15) is 5.82 Å². The molecule has 1 aliphatic heterocycles. The minimum atomic E-state index is -0.379. The molecule has 0 aliphatic carbocycles. The summed E-state index contributed by atoms with van der Waals surface area (Å²) >= 11 is 6.40. The van der Waals surface area contributed by atoms with E-state index in [2.05, 4.69) is 59.3 Å². The number of piperazine rings is 1. The number of likely N-dealkylation sites (N-methyl/N-ethyl adjacent to an activating group) is 1. The molecule has 2 aromatic heterocycles. The summed E-state index contributed by atoms with van der Waals surface area (Å²) in [4.78, 5) is 39.8. The van der Waals surface area contributed by atoms with Gasteiger partial charge < -0.3 is 20.4 Å². The van der Waals surface area contributed by atoms with Crippen molar-refractivity contribution in [1.82, 2.24) is 35.1 Å². The predicted molar refractivity (Wildman–Crippen MR) is 135 cm³/mol. The Labute approximate surface area is 207 Å². The first-order chi connectivity index (χ1) is 16.4. The maximum atomic E-state index is 12.5. The van der Waals surface area contributed by atoms with E-state index in [1.165, 1.54) is 19.3 Å². The van der Waals surface area contributed by atoms with Gasteiger partial charge in [0, 0.05) is 39.6 Å². The molecule has 2 aromatic rings. The van der Waals surface area contributed by atoms with Crippen molar-refractivity contribution in [3.63, 3.8) is 0 Å². The van der Waals surface area contributed by atoms with Crippen LogP contribution in [0.25, 0.3) is 0 Å². The Balaban J connectivity index is 1.87. The molecule has 1 saturated heterocycles. The smallest absolute Gasteiger partial charge is 0.273 e. The van der Waals surface area contributed by atoms with Gasteiger partial charge in [0.05, 0.1) is 5.69 Å². The van der Waals surface area contributed by atoms with Gasteiger partial charge in [0.25, 0.3) is 5.91 Å². The molecule has 0 aromatic carbocycles. The Morgan fingerprint density at radius 1 is 0.971 bits per heavy atom. The monoisotopic (exact) mass is 489 g/mol. The van der Waals surface area contributed by atoms with E-state index in [4.69, 9.17) is 11.6 Å². The van der Waals surface area contributed by atoms with E-state index in [1.54, 1.807) is 7.05 Å². The number of carbonyl (C=O) groups excluding carboxylic acids is 1. The molecular formula is C23H36ClN9O. The van der Waals surface area contributed by atoms with Crippen LogP contribution in [0.15, 0.2) is 0 Å². The molecule has 0 saturated carbocycles. The second-order valence-electron chi connectivity index (χ2n) is 8.55. The van der Waals surface area contributed by atoms with Crippen LogP contribution in [-0.4, -0.2) is 76.0 Å². The highest BCUT2D eigenvalue weighted by Crippen LogP contribution is 2.23. The van der Waals surface area contributed by atoms with Crippen molar-refractivity contribution in [2.75, 3.05) is 50.5 Å². The fraction of sp³-hybridized carbons (Fsp3) is 0.652. The lowest BCUT2D eigenvalue weighted by molar-refractivity contribution is 0.0958. The molecule has 0 radical (unpaired) electrons. The van der Waals surface area contributed by atoms with E-state index in [-0.39, 0.29) is 16.8 Å². The van der Waals surface area contributed by atoms with Crippen LogP contribution in [0.3, 0.4) is 0 Å². The van der Waals surface area contributed by atoms with Gasteiger partial charge in [0.2, 0.25) is 11.9 Å². The molecule has 1 fully saturated rings. The highest BCUT2D eigenvalue weighted by Gasteiger charge is 2.21. The minimum absolute atomic E-state index is 0.113. The van der Waals surface area contributed by atoms with Crippen molar-refractivity contribution in [1.29, 1.82) is 0 Å². The quantitative estimate of drug-likeness (QED) is 0.459. The molecule has 0 spiro atoms. The second-order valence-corrected chi connectivity index (χ2v) is 8.90. The molecule has 186 valence electrons. The maximum absolute atomic E-state index is 12.5. The number of hydrogen-bond donors (Lipinski definition) is 2. The largest absolute Gasteiger partial charge is 0.354 e. The number of nitrogens with one attached hydrogen (secondary N) is 2. The molecule has 10 nitrogen and oxygen atoms in total. The van der Waals surface area contributed by atoms with Crippen LogP contribution in [0.4, 0.5) is 17.7 Å². The maximum Gasteiger partial charge on any atom is 0.273 e. The summed E-state index contributed by atoms with van der Waals surface area (Å²) in [6.45, 7) is 7.77. The van der Waals surface area contributed by atoms with Crippen molar-refractivity contribution in [3.8, 4) is 0 Å². The van der Waals surface area contributed by atoms with E-state index < -0.39 is 0 Å². The molecule has 0 unspecified atom stereocenters. The number of anilines is 3. The first-order valence-electron chi connectivity index (χ1n) is 12.2. The Morgan fingerprint density at radius 2 is 1.71 bits per heavy atom. The molecule has 11 heteroatoms. The lowest BCUT2D eigenvalue weighted by Gasteiger charge is -2.32. The second kappa shape index (κ2) is 12.8. The SMILES string of the molecule is CCCCCCCc1nc(Nc2nc(CC)nc(N3CCN(C)CC3)n2)c(C(=O)NC)nc1Cl. The summed E-state index contributed by atoms with van der Waals surface area (Å²) in [5, 5.41) is 5.99. The highest BCUT2D eigenvalue weighted by atomic mass is 35.5. The van der Waals surface area contributed by atoms with Crippen LogP contribution in [0.2, 0.25) is 5.15 Å². The summed E-state index contributed by atoms with van der Waals surface area (Å²) in [6, 6.07) is 0. The lowest BCUT2D eigenvalue weighted by Crippen LogP contribution is -2.45. The Kier molecular flexibility index (Phi) is 9.76. The van der Waals surface area contributed by atoms with E-state index in [9.17, 15) is 4.79 Å². The van der Waals surface area contributed by atoms with Crippen molar-refractivity contribution in [3.05, 3.63) is 22.4 Å². The topological polar surface area (TPSA) is 112 Å². The summed E-state index contributed by atoms with van der Waals surface area (Å²) in [5.41, 5.74) is 0.777. The molecule has 3 heterocycles. The lowest BCUT2D eigenvalue weighted by atomic mass is 10.1. The third kappa shape index (κ3) is 6.96. The number of aryl methyl sites for hydroxylation is 2. The molecule has 3 rings (SSSR count). The molecular weight excluding hydrogens is 454 g/mol. The first kappa shape index (κ1) is 26.0. The van der Waals surface area contributed by atoms with Crippen molar-refractivity contribution in [2.24, 2.45) is 0 Å². The van der Waals surface area contributed by atoms with Gasteiger partial charge in [-0.3, -0.25) is 4.79 Å². The molecule has 1 aliphatic rings. The van der Waals surface area contributed by atoms with Crippen LogP contribution < -0.4 is 15.5 Å². The zero-order chi connectivity index (χ0) is 24.5. The van der Waals surface area contributed by atoms with Crippen LogP contribution in [0.5, 0.6) is 0 Å². The number of unbranched alkanes of at least 4 members (excludes halogenated alkanes) is 4. The van der Waals surface area contributed by atoms with Gasteiger partial charge in [-0.25, -0.2) is 9.97 Å². The third-order valence-electron chi connectivity index (χ3n) is 5.88. The third-order valence-corrected chi connectivity index (χ3v) is 6.18. The zero-order valence-corrected chi connectivity index (χ0v) is 21.5. The average Bonchev–Trinajstić information content (AvgIpc) is 2.85. The molecule has 0 bridgehead atoms. The van der Waals surface area contributed by atoms with Crippen molar-refractivity contribution < 1.29 is 4.79 Å². The zero-order valence-electron chi connectivity index (χ0n) is 20.7. The highest BCUT2D eigenvalue weighted by molar-refractivity contribution is 6.30. The van der Waals surface area contributed by atoms with Crippen LogP contribution in [0, 0.1) is 0 Å². The number of hydrogen-bond acceptors (Lipinski definition) is 9. The van der Waals surface area contributed by atoms with E-state index in [0.29, 0.717) is 42.1 Å². The Hall–Kier alpha value is -2.59. The van der Waals surface area contributed by atoms with E-state index in [0.717, 1.165) is 39.0 Å². The van der Waals surface area contributed by atoms with Gasteiger partial charge in [-0.2, -0.15) is 15.0 Å². The van der Waals surface area contributed by atoms with Gasteiger partial charge >= 0.3 is 0 Å². The van der Waals surface area contributed by atoms with Crippen LogP contribution in [0.1, 0.15) is 68.0 Å². The van der Waals surface area contributed by atoms with Crippen molar-refractivity contribution >= 4 is 35.2 Å². The van der Waals surface area contributed by atoms with Crippen molar-refractivity contribution in [2.45, 2.75) is 58.8 Å². The number of aromatic nitrogens is 5. The van der Waals surface area contributed by atoms with Gasteiger partial charge in [-0.1, -0.05) is 51.1 Å². The number of carbonyl (C=O) groups is 1. The number of amides is 1. The van der Waals surface area contributed by atoms with Crippen LogP contribution >= 0.6 is 11.6 Å².